The first-order chi connectivity index (χ1) is 12.3. The van der Waals surface area contributed by atoms with Crippen LogP contribution in [0.15, 0.2) is 4.52 Å². The highest BCUT2D eigenvalue weighted by atomic mass is 16.5. The number of hydrogen-bond donors (Lipinski definition) is 1. The molecule has 25 heavy (non-hydrogen) atoms. The van der Waals surface area contributed by atoms with Gasteiger partial charge in [0.2, 0.25) is 11.8 Å². The van der Waals surface area contributed by atoms with Gasteiger partial charge in [0.05, 0.1) is 13.1 Å². The monoisotopic (exact) mass is 347 g/mol. The van der Waals surface area contributed by atoms with Crippen LogP contribution >= 0.6 is 0 Å². The van der Waals surface area contributed by atoms with Crippen LogP contribution in [0.1, 0.15) is 62.6 Å². The van der Waals surface area contributed by atoms with Gasteiger partial charge >= 0.3 is 0 Å². The molecule has 4 rings (SSSR count). The highest BCUT2D eigenvalue weighted by Gasteiger charge is 2.30. The number of nitrogens with zero attached hydrogens (tertiary/aromatic N) is 4. The van der Waals surface area contributed by atoms with E-state index in [1.54, 1.807) is 0 Å². The van der Waals surface area contributed by atoms with Crippen molar-refractivity contribution in [2.45, 2.75) is 63.5 Å². The van der Waals surface area contributed by atoms with Crippen LogP contribution in [0.25, 0.3) is 0 Å². The Balaban J connectivity index is 1.21. The summed E-state index contributed by atoms with van der Waals surface area (Å²) in [6.45, 7) is 5.15. The van der Waals surface area contributed by atoms with Crippen molar-refractivity contribution in [2.75, 3.05) is 32.7 Å². The lowest BCUT2D eigenvalue weighted by Gasteiger charge is -2.21. The number of carbonyl (C=O) groups excluding carboxylic acids is 1. The van der Waals surface area contributed by atoms with E-state index in [-0.39, 0.29) is 5.91 Å². The largest absolute Gasteiger partial charge is 0.352 e. The smallest absolute Gasteiger partial charge is 0.234 e. The number of aromatic nitrogens is 2. The molecule has 1 N–H and O–H groups in total. The first-order valence-electron chi connectivity index (χ1n) is 9.83. The predicted octanol–water partition coefficient (Wildman–Crippen LogP) is 1.51. The van der Waals surface area contributed by atoms with Crippen molar-refractivity contribution in [3.8, 4) is 0 Å². The van der Waals surface area contributed by atoms with Crippen LogP contribution in [0.3, 0.4) is 0 Å². The maximum absolute atomic E-state index is 12.2. The van der Waals surface area contributed by atoms with Crippen molar-refractivity contribution >= 4 is 5.91 Å². The third-order valence-corrected chi connectivity index (χ3v) is 5.54. The third kappa shape index (κ3) is 4.79. The maximum atomic E-state index is 12.2. The molecule has 0 bridgehead atoms. The minimum absolute atomic E-state index is 0.188. The van der Waals surface area contributed by atoms with Gasteiger partial charge in [-0.3, -0.25) is 14.6 Å². The van der Waals surface area contributed by atoms with Crippen LogP contribution in [-0.4, -0.2) is 64.6 Å². The molecule has 0 aromatic carbocycles. The zero-order valence-electron chi connectivity index (χ0n) is 15.0. The van der Waals surface area contributed by atoms with Crippen LogP contribution in [0.4, 0.5) is 0 Å². The van der Waals surface area contributed by atoms with Gasteiger partial charge in [-0.05, 0) is 45.2 Å². The standard InChI is InChI=1S/C18H29N5O2/c24-17(19-15-4-1-2-5-15)13-23-9-3-8-22(10-11-23)12-16-20-18(25-21-16)14-6-7-14/h14-15H,1-13H2,(H,19,24). The van der Waals surface area contributed by atoms with Crippen molar-refractivity contribution in [1.82, 2.24) is 25.3 Å². The Labute approximate surface area is 149 Å². The summed E-state index contributed by atoms with van der Waals surface area (Å²) >= 11 is 0. The SMILES string of the molecule is O=C(CN1CCCN(Cc2noc(C3CC3)n2)CC1)NC1CCCC1. The van der Waals surface area contributed by atoms with E-state index < -0.39 is 0 Å². The minimum Gasteiger partial charge on any atom is -0.352 e. The van der Waals surface area contributed by atoms with Crippen LogP contribution in [0, 0.1) is 0 Å². The van der Waals surface area contributed by atoms with Crippen LogP contribution in [0.5, 0.6) is 0 Å². The third-order valence-electron chi connectivity index (χ3n) is 5.54. The van der Waals surface area contributed by atoms with E-state index in [0.29, 0.717) is 18.5 Å². The Kier molecular flexibility index (Phi) is 5.31. The van der Waals surface area contributed by atoms with Crippen molar-refractivity contribution in [3.05, 3.63) is 11.7 Å². The van der Waals surface area contributed by atoms with Crippen LogP contribution in [0.2, 0.25) is 0 Å². The zero-order valence-corrected chi connectivity index (χ0v) is 15.0. The molecule has 1 amide bonds. The minimum atomic E-state index is 0.188. The Morgan fingerprint density at radius 2 is 1.80 bits per heavy atom. The molecule has 2 heterocycles. The molecule has 1 aromatic heterocycles. The van der Waals surface area contributed by atoms with Crippen molar-refractivity contribution in [1.29, 1.82) is 0 Å². The van der Waals surface area contributed by atoms with E-state index in [1.807, 2.05) is 0 Å². The quantitative estimate of drug-likeness (QED) is 0.841. The summed E-state index contributed by atoms with van der Waals surface area (Å²) in [6.07, 6.45) is 8.24. The summed E-state index contributed by atoms with van der Waals surface area (Å²) in [4.78, 5) is 21.4. The lowest BCUT2D eigenvalue weighted by Crippen LogP contribution is -2.42. The number of amides is 1. The second kappa shape index (κ2) is 7.83. The summed E-state index contributed by atoms with van der Waals surface area (Å²) in [7, 11) is 0. The molecule has 7 nitrogen and oxygen atoms in total. The molecule has 138 valence electrons. The maximum Gasteiger partial charge on any atom is 0.234 e. The highest BCUT2D eigenvalue weighted by Crippen LogP contribution is 2.38. The molecule has 7 heteroatoms. The van der Waals surface area contributed by atoms with Gasteiger partial charge in [0.15, 0.2) is 5.82 Å². The average Bonchev–Trinajstić information content (AvgIpc) is 3.20. The average molecular weight is 347 g/mol. The van der Waals surface area contributed by atoms with E-state index >= 15 is 0 Å². The second-order valence-corrected chi connectivity index (χ2v) is 7.78. The molecule has 3 aliphatic rings. The molecule has 0 atom stereocenters. The molecule has 0 unspecified atom stereocenters. The van der Waals surface area contributed by atoms with Gasteiger partial charge in [-0.25, -0.2) is 0 Å². The Morgan fingerprint density at radius 1 is 1.04 bits per heavy atom. The molecule has 2 saturated carbocycles. The van der Waals surface area contributed by atoms with Crippen LogP contribution < -0.4 is 5.32 Å². The number of carbonyl (C=O) groups is 1. The summed E-state index contributed by atoms with van der Waals surface area (Å²) in [5.74, 6) is 2.32. The van der Waals surface area contributed by atoms with Crippen molar-refractivity contribution in [3.63, 3.8) is 0 Å². The number of rotatable bonds is 6. The normalized spacial score (nSPS) is 23.7. The first kappa shape index (κ1) is 17.0. The molecular formula is C18H29N5O2. The van der Waals surface area contributed by atoms with E-state index in [0.717, 1.165) is 63.7 Å². The first-order valence-corrected chi connectivity index (χ1v) is 9.83. The Morgan fingerprint density at radius 3 is 2.60 bits per heavy atom. The zero-order chi connectivity index (χ0) is 17.1. The van der Waals surface area contributed by atoms with Crippen LogP contribution in [-0.2, 0) is 11.3 Å². The van der Waals surface area contributed by atoms with Gasteiger partial charge in [-0.2, -0.15) is 4.98 Å². The van der Waals surface area contributed by atoms with Gasteiger partial charge in [-0.1, -0.05) is 18.0 Å². The lowest BCUT2D eigenvalue weighted by atomic mass is 10.2. The van der Waals surface area contributed by atoms with E-state index in [4.69, 9.17) is 4.52 Å². The van der Waals surface area contributed by atoms with E-state index in [9.17, 15) is 4.79 Å². The van der Waals surface area contributed by atoms with E-state index in [1.165, 1.54) is 25.7 Å². The Hall–Kier alpha value is -1.47. The van der Waals surface area contributed by atoms with Gasteiger partial charge in [-0.15, -0.1) is 0 Å². The predicted molar refractivity (Wildman–Crippen MR) is 93.0 cm³/mol. The van der Waals surface area contributed by atoms with Crippen molar-refractivity contribution < 1.29 is 9.32 Å². The second-order valence-electron chi connectivity index (χ2n) is 7.78. The lowest BCUT2D eigenvalue weighted by molar-refractivity contribution is -0.122. The molecule has 1 saturated heterocycles. The topological polar surface area (TPSA) is 74.5 Å². The fourth-order valence-electron chi connectivity index (χ4n) is 3.91. The molecule has 0 spiro atoms. The molecule has 0 radical (unpaired) electrons. The summed E-state index contributed by atoms with van der Waals surface area (Å²) in [5, 5.41) is 7.31. The Bertz CT molecular complexity index is 580. The number of hydrogen-bond acceptors (Lipinski definition) is 6. The van der Waals surface area contributed by atoms with Gasteiger partial charge in [0, 0.05) is 25.0 Å². The molecule has 2 aliphatic carbocycles. The fraction of sp³-hybridized carbons (Fsp3) is 0.833. The summed E-state index contributed by atoms with van der Waals surface area (Å²) in [5.41, 5.74) is 0. The van der Waals surface area contributed by atoms with E-state index in [2.05, 4.69) is 25.3 Å². The van der Waals surface area contributed by atoms with Gasteiger partial charge in [0.25, 0.3) is 0 Å². The summed E-state index contributed by atoms with van der Waals surface area (Å²) in [6, 6.07) is 0.412. The fourth-order valence-corrected chi connectivity index (χ4v) is 3.91. The number of nitrogens with one attached hydrogen (secondary N) is 1. The molecular weight excluding hydrogens is 318 g/mol. The molecule has 1 aromatic rings. The summed E-state index contributed by atoms with van der Waals surface area (Å²) < 4.78 is 5.35. The molecule has 3 fully saturated rings. The highest BCUT2D eigenvalue weighted by molar-refractivity contribution is 5.78. The van der Waals surface area contributed by atoms with Gasteiger partial charge < -0.3 is 9.84 Å². The molecule has 1 aliphatic heterocycles. The van der Waals surface area contributed by atoms with Gasteiger partial charge in [0.1, 0.15) is 0 Å². The van der Waals surface area contributed by atoms with Crippen molar-refractivity contribution in [2.24, 2.45) is 0 Å².